The second-order valence-electron chi connectivity index (χ2n) is 5.62. The van der Waals surface area contributed by atoms with Crippen LogP contribution in [0.5, 0.6) is 0 Å². The number of rotatable bonds is 3. The molecule has 1 aliphatic rings. The molecule has 5 nitrogen and oxygen atoms in total. The summed E-state index contributed by atoms with van der Waals surface area (Å²) in [6.45, 7) is 3.91. The highest BCUT2D eigenvalue weighted by molar-refractivity contribution is 5.96. The second-order valence-corrected chi connectivity index (χ2v) is 5.62. The molecule has 3 rings (SSSR count). The number of hydrogen-bond acceptors (Lipinski definition) is 3. The van der Waals surface area contributed by atoms with Crippen molar-refractivity contribution in [1.82, 2.24) is 14.8 Å². The van der Waals surface area contributed by atoms with Crippen molar-refractivity contribution >= 4 is 11.6 Å². The van der Waals surface area contributed by atoms with E-state index in [4.69, 9.17) is 0 Å². The van der Waals surface area contributed by atoms with Gasteiger partial charge >= 0.3 is 0 Å². The van der Waals surface area contributed by atoms with Crippen LogP contribution in [0.25, 0.3) is 5.69 Å². The average molecular weight is 288 g/mol. The molecular weight excluding hydrogens is 271 g/mol. The smallest absolute Gasteiger partial charge is 0.230 e. The van der Waals surface area contributed by atoms with Crippen LogP contribution in [0.4, 0.5) is 10.1 Å². The van der Waals surface area contributed by atoms with Crippen LogP contribution in [0.3, 0.4) is 0 Å². The van der Waals surface area contributed by atoms with Gasteiger partial charge < -0.3 is 4.90 Å². The Labute approximate surface area is 122 Å². The molecule has 0 aliphatic heterocycles. The maximum absolute atomic E-state index is 13.2. The van der Waals surface area contributed by atoms with E-state index in [0.717, 1.165) is 24.0 Å². The van der Waals surface area contributed by atoms with E-state index in [1.54, 1.807) is 22.8 Å². The van der Waals surface area contributed by atoms with Gasteiger partial charge in [-0.15, -0.1) is 0 Å². The monoisotopic (exact) mass is 288 g/mol. The normalized spacial score (nSPS) is 20.4. The van der Waals surface area contributed by atoms with Gasteiger partial charge in [0.1, 0.15) is 5.82 Å². The van der Waals surface area contributed by atoms with Crippen molar-refractivity contribution in [2.75, 3.05) is 11.9 Å². The maximum atomic E-state index is 13.2. The molecule has 2 unspecified atom stereocenters. The van der Waals surface area contributed by atoms with Gasteiger partial charge in [-0.3, -0.25) is 9.78 Å². The van der Waals surface area contributed by atoms with Crippen LogP contribution in [0.1, 0.15) is 19.0 Å². The fourth-order valence-electron chi connectivity index (χ4n) is 2.47. The number of hydrogen-bond donors (Lipinski definition) is 0. The number of pyridine rings is 1. The Morgan fingerprint density at radius 3 is 2.81 bits per heavy atom. The summed E-state index contributed by atoms with van der Waals surface area (Å²) in [5.74, 6) is 0.275. The number of carbonyl (C=O) groups is 1. The summed E-state index contributed by atoms with van der Waals surface area (Å²) in [6.07, 6.45) is 5.36. The van der Waals surface area contributed by atoms with Crippen LogP contribution < -0.4 is 4.90 Å². The van der Waals surface area contributed by atoms with Crippen LogP contribution in [-0.4, -0.2) is 27.7 Å². The number of amides is 1. The molecule has 1 aliphatic carbocycles. The van der Waals surface area contributed by atoms with Crippen molar-refractivity contribution < 1.29 is 9.18 Å². The molecule has 0 radical (unpaired) electrons. The van der Waals surface area contributed by atoms with Gasteiger partial charge in [-0.1, -0.05) is 6.92 Å². The molecule has 2 aromatic rings. The van der Waals surface area contributed by atoms with Gasteiger partial charge in [-0.05, 0) is 19.3 Å². The molecule has 0 saturated heterocycles. The molecule has 1 amide bonds. The highest BCUT2D eigenvalue weighted by Gasteiger charge is 2.41. The first kappa shape index (κ1) is 13.7. The summed E-state index contributed by atoms with van der Waals surface area (Å²) in [5.41, 5.74) is 2.00. The minimum atomic E-state index is -0.418. The van der Waals surface area contributed by atoms with Gasteiger partial charge in [0.05, 0.1) is 35.7 Å². The first-order valence-electron chi connectivity index (χ1n) is 6.92. The zero-order valence-corrected chi connectivity index (χ0v) is 12.2. The Bertz CT molecular complexity index is 697. The van der Waals surface area contributed by atoms with Gasteiger partial charge in [0.25, 0.3) is 0 Å². The first-order valence-corrected chi connectivity index (χ1v) is 6.92. The van der Waals surface area contributed by atoms with Gasteiger partial charge in [0.2, 0.25) is 5.91 Å². The van der Waals surface area contributed by atoms with Crippen LogP contribution in [0.2, 0.25) is 0 Å². The number of halogens is 1. The van der Waals surface area contributed by atoms with Gasteiger partial charge in [0, 0.05) is 19.0 Å². The molecule has 2 atom stereocenters. The molecular formula is C15H17FN4O. The molecule has 0 spiro atoms. The molecule has 1 fully saturated rings. The van der Waals surface area contributed by atoms with Crippen molar-refractivity contribution in [3.05, 3.63) is 36.2 Å². The fraction of sp³-hybridized carbons (Fsp3) is 0.400. The number of aromatic nitrogens is 3. The third kappa shape index (κ3) is 2.53. The van der Waals surface area contributed by atoms with E-state index in [2.05, 4.69) is 17.0 Å². The van der Waals surface area contributed by atoms with E-state index >= 15 is 0 Å². The Hall–Kier alpha value is -2.24. The number of anilines is 1. The molecule has 2 aromatic heterocycles. The molecule has 21 heavy (non-hydrogen) atoms. The minimum absolute atomic E-state index is 0.113. The Balaban J connectivity index is 1.89. The number of aryl methyl sites for hydroxylation is 1. The first-order chi connectivity index (χ1) is 9.97. The zero-order chi connectivity index (χ0) is 15.1. The van der Waals surface area contributed by atoms with E-state index in [-0.39, 0.29) is 11.8 Å². The summed E-state index contributed by atoms with van der Waals surface area (Å²) in [7, 11) is 1.76. The van der Waals surface area contributed by atoms with E-state index in [9.17, 15) is 9.18 Å². The number of carbonyl (C=O) groups excluding carboxylic acids is 1. The van der Waals surface area contributed by atoms with Crippen molar-refractivity contribution in [2.45, 2.75) is 20.3 Å². The molecule has 110 valence electrons. The predicted octanol–water partition coefficient (Wildman–Crippen LogP) is 2.33. The molecule has 2 heterocycles. The predicted molar refractivity (Wildman–Crippen MR) is 76.7 cm³/mol. The van der Waals surface area contributed by atoms with Crippen LogP contribution in [0.15, 0.2) is 24.7 Å². The standard InChI is InChI=1S/C15H17FN4O/c1-9-4-13(9)15(21)19(3)14-8-20(18-10(14)2)12-5-11(16)6-17-7-12/h5-9,13H,4H2,1-3H3. The summed E-state index contributed by atoms with van der Waals surface area (Å²) in [6, 6.07) is 1.36. The average Bonchev–Trinajstić information content (AvgIpc) is 3.05. The zero-order valence-electron chi connectivity index (χ0n) is 12.2. The summed E-state index contributed by atoms with van der Waals surface area (Å²) in [5, 5.41) is 4.34. The van der Waals surface area contributed by atoms with Crippen LogP contribution in [0, 0.1) is 24.6 Å². The highest BCUT2D eigenvalue weighted by Crippen LogP contribution is 2.40. The Morgan fingerprint density at radius 2 is 2.19 bits per heavy atom. The highest BCUT2D eigenvalue weighted by atomic mass is 19.1. The SMILES string of the molecule is Cc1nn(-c2cncc(F)c2)cc1N(C)C(=O)C1CC1C. The molecule has 6 heteroatoms. The van der Waals surface area contributed by atoms with Crippen LogP contribution in [-0.2, 0) is 4.79 Å². The van der Waals surface area contributed by atoms with Gasteiger partial charge in [0.15, 0.2) is 0 Å². The summed E-state index contributed by atoms with van der Waals surface area (Å²) in [4.78, 5) is 17.7. The second kappa shape index (κ2) is 4.95. The lowest BCUT2D eigenvalue weighted by molar-refractivity contribution is -0.119. The number of nitrogens with zero attached hydrogens (tertiary/aromatic N) is 4. The van der Waals surface area contributed by atoms with Crippen molar-refractivity contribution in [2.24, 2.45) is 11.8 Å². The lowest BCUT2D eigenvalue weighted by Crippen LogP contribution is -2.28. The molecule has 0 aromatic carbocycles. The summed E-state index contributed by atoms with van der Waals surface area (Å²) >= 11 is 0. The van der Waals surface area contributed by atoms with Crippen LogP contribution >= 0.6 is 0 Å². The Morgan fingerprint density at radius 1 is 1.48 bits per heavy atom. The lowest BCUT2D eigenvalue weighted by Gasteiger charge is -2.15. The lowest BCUT2D eigenvalue weighted by atomic mass is 10.2. The van der Waals surface area contributed by atoms with Crippen molar-refractivity contribution in [3.63, 3.8) is 0 Å². The van der Waals surface area contributed by atoms with Crippen molar-refractivity contribution in [3.8, 4) is 5.69 Å². The Kier molecular flexibility index (Phi) is 3.23. The molecule has 1 saturated carbocycles. The fourth-order valence-corrected chi connectivity index (χ4v) is 2.47. The third-order valence-electron chi connectivity index (χ3n) is 3.95. The third-order valence-corrected chi connectivity index (χ3v) is 3.95. The van der Waals surface area contributed by atoms with E-state index in [1.807, 2.05) is 6.92 Å². The summed E-state index contributed by atoms with van der Waals surface area (Å²) < 4.78 is 14.8. The quantitative estimate of drug-likeness (QED) is 0.871. The maximum Gasteiger partial charge on any atom is 0.230 e. The van der Waals surface area contributed by atoms with E-state index < -0.39 is 5.82 Å². The molecule has 0 N–H and O–H groups in total. The van der Waals surface area contributed by atoms with E-state index in [1.165, 1.54) is 12.3 Å². The largest absolute Gasteiger partial charge is 0.312 e. The topological polar surface area (TPSA) is 51.0 Å². The van der Waals surface area contributed by atoms with Gasteiger partial charge in [-0.25, -0.2) is 9.07 Å². The minimum Gasteiger partial charge on any atom is -0.312 e. The van der Waals surface area contributed by atoms with Gasteiger partial charge in [-0.2, -0.15) is 5.10 Å². The van der Waals surface area contributed by atoms with E-state index in [0.29, 0.717) is 11.6 Å². The van der Waals surface area contributed by atoms with Crippen molar-refractivity contribution in [1.29, 1.82) is 0 Å². The molecule has 0 bridgehead atoms.